The molecule has 0 saturated heterocycles. The summed E-state index contributed by atoms with van der Waals surface area (Å²) in [4.78, 5) is 7.18. The molecule has 1 N–H and O–H groups in total. The van der Waals surface area contributed by atoms with Crippen molar-refractivity contribution in [3.05, 3.63) is 23.4 Å². The van der Waals surface area contributed by atoms with E-state index in [0.717, 1.165) is 31.2 Å². The Hall–Kier alpha value is -1.13. The number of hydrogen-bond acceptors (Lipinski definition) is 4. The van der Waals surface area contributed by atoms with Gasteiger partial charge >= 0.3 is 0 Å². The zero-order valence-electron chi connectivity index (χ0n) is 13.1. The molecule has 0 bridgehead atoms. The fraction of sp³-hybridized carbons (Fsp3) is 0.688. The maximum atomic E-state index is 5.21. The van der Waals surface area contributed by atoms with E-state index in [-0.39, 0.29) is 0 Å². The molecule has 20 heavy (non-hydrogen) atoms. The second-order valence-corrected chi connectivity index (χ2v) is 5.87. The van der Waals surface area contributed by atoms with Crippen molar-refractivity contribution in [2.24, 2.45) is 0 Å². The number of methoxy groups -OCH3 is 1. The minimum absolute atomic E-state index is 0.499. The van der Waals surface area contributed by atoms with Crippen LogP contribution in [0.2, 0.25) is 0 Å². The second kappa shape index (κ2) is 7.04. The Morgan fingerprint density at radius 2 is 2.15 bits per heavy atom. The number of nitrogens with one attached hydrogen (secondary N) is 1. The monoisotopic (exact) mass is 277 g/mol. The Morgan fingerprint density at radius 1 is 1.40 bits per heavy atom. The third-order valence-electron chi connectivity index (χ3n) is 3.70. The van der Waals surface area contributed by atoms with Crippen LogP contribution in [0.4, 0.5) is 5.82 Å². The number of nitrogens with zero attached hydrogens (tertiary/aromatic N) is 2. The van der Waals surface area contributed by atoms with Gasteiger partial charge in [-0.25, -0.2) is 4.98 Å². The van der Waals surface area contributed by atoms with Gasteiger partial charge in [0.1, 0.15) is 5.82 Å². The van der Waals surface area contributed by atoms with Crippen LogP contribution in [-0.2, 0) is 11.3 Å². The molecule has 1 aromatic heterocycles. The van der Waals surface area contributed by atoms with Gasteiger partial charge < -0.3 is 15.0 Å². The lowest BCUT2D eigenvalue weighted by atomic mass is 10.2. The Labute approximate surface area is 122 Å². The fourth-order valence-electron chi connectivity index (χ4n) is 2.30. The molecule has 4 nitrogen and oxygen atoms in total. The van der Waals surface area contributed by atoms with Crippen molar-refractivity contribution in [3.63, 3.8) is 0 Å². The predicted molar refractivity (Wildman–Crippen MR) is 83.2 cm³/mol. The van der Waals surface area contributed by atoms with E-state index in [0.29, 0.717) is 12.1 Å². The Balaban J connectivity index is 2.05. The minimum atomic E-state index is 0.499. The van der Waals surface area contributed by atoms with Crippen LogP contribution in [0.3, 0.4) is 0 Å². The highest BCUT2D eigenvalue weighted by molar-refractivity contribution is 5.44. The largest absolute Gasteiger partial charge is 0.383 e. The van der Waals surface area contributed by atoms with Crippen LogP contribution in [0.15, 0.2) is 12.1 Å². The van der Waals surface area contributed by atoms with Gasteiger partial charge in [0.25, 0.3) is 0 Å². The van der Waals surface area contributed by atoms with Gasteiger partial charge in [-0.05, 0) is 31.4 Å². The molecule has 0 unspecified atom stereocenters. The first-order valence-electron chi connectivity index (χ1n) is 7.57. The van der Waals surface area contributed by atoms with E-state index in [9.17, 15) is 0 Å². The van der Waals surface area contributed by atoms with Crippen LogP contribution in [0, 0.1) is 6.92 Å². The predicted octanol–water partition coefficient (Wildman–Crippen LogP) is 2.50. The van der Waals surface area contributed by atoms with Crippen molar-refractivity contribution in [2.45, 2.75) is 52.2 Å². The van der Waals surface area contributed by atoms with Crippen molar-refractivity contribution in [2.75, 3.05) is 25.2 Å². The number of pyridine rings is 1. The minimum Gasteiger partial charge on any atom is -0.383 e. The van der Waals surface area contributed by atoms with Crippen molar-refractivity contribution >= 4 is 5.82 Å². The van der Waals surface area contributed by atoms with E-state index < -0.39 is 0 Å². The summed E-state index contributed by atoms with van der Waals surface area (Å²) in [5.41, 5.74) is 2.41. The SMILES string of the molecule is COCCN(c1ccc(CNC(C)C)c(C)n1)C1CC1. The molecule has 1 aliphatic carbocycles. The average molecular weight is 277 g/mol. The molecule has 0 aliphatic heterocycles. The zero-order chi connectivity index (χ0) is 14.5. The summed E-state index contributed by atoms with van der Waals surface area (Å²) in [6, 6.07) is 5.52. The first-order chi connectivity index (χ1) is 9.61. The van der Waals surface area contributed by atoms with E-state index in [2.05, 4.69) is 43.1 Å². The van der Waals surface area contributed by atoms with Gasteiger partial charge in [-0.1, -0.05) is 19.9 Å². The highest BCUT2D eigenvalue weighted by Crippen LogP contribution is 2.30. The van der Waals surface area contributed by atoms with E-state index in [1.807, 2.05) is 0 Å². The molecule has 0 radical (unpaired) electrons. The molecule has 1 aromatic rings. The molecule has 1 aliphatic rings. The van der Waals surface area contributed by atoms with Gasteiger partial charge in [0.2, 0.25) is 0 Å². The van der Waals surface area contributed by atoms with Gasteiger partial charge in [-0.2, -0.15) is 0 Å². The smallest absolute Gasteiger partial charge is 0.129 e. The van der Waals surface area contributed by atoms with Crippen LogP contribution in [0.25, 0.3) is 0 Å². The first-order valence-corrected chi connectivity index (χ1v) is 7.57. The summed E-state index contributed by atoms with van der Waals surface area (Å²) < 4.78 is 5.21. The number of hydrogen-bond donors (Lipinski definition) is 1. The molecule has 0 atom stereocenters. The maximum absolute atomic E-state index is 5.21. The van der Waals surface area contributed by atoms with Crippen LogP contribution in [0.1, 0.15) is 37.9 Å². The number of ether oxygens (including phenoxy) is 1. The van der Waals surface area contributed by atoms with Crippen molar-refractivity contribution < 1.29 is 4.74 Å². The number of aryl methyl sites for hydroxylation is 1. The van der Waals surface area contributed by atoms with Crippen molar-refractivity contribution in [1.29, 1.82) is 0 Å². The molecule has 0 aromatic carbocycles. The molecule has 0 spiro atoms. The molecule has 1 fully saturated rings. The molecular formula is C16H27N3O. The summed E-state index contributed by atoms with van der Waals surface area (Å²) in [6.07, 6.45) is 2.56. The summed E-state index contributed by atoms with van der Waals surface area (Å²) in [6.45, 7) is 9.00. The van der Waals surface area contributed by atoms with E-state index in [4.69, 9.17) is 9.72 Å². The molecule has 1 heterocycles. The molecule has 2 rings (SSSR count). The Bertz CT molecular complexity index is 430. The fourth-order valence-corrected chi connectivity index (χ4v) is 2.30. The van der Waals surface area contributed by atoms with Gasteiger partial charge in [-0.15, -0.1) is 0 Å². The Morgan fingerprint density at radius 3 is 2.70 bits per heavy atom. The quantitative estimate of drug-likeness (QED) is 0.792. The molecule has 4 heteroatoms. The molecule has 1 saturated carbocycles. The number of rotatable bonds is 8. The van der Waals surface area contributed by atoms with E-state index in [1.165, 1.54) is 18.4 Å². The second-order valence-electron chi connectivity index (χ2n) is 5.87. The lowest BCUT2D eigenvalue weighted by Crippen LogP contribution is -2.30. The van der Waals surface area contributed by atoms with E-state index >= 15 is 0 Å². The standard InChI is InChI=1S/C16H27N3O/c1-12(2)17-11-14-5-8-16(18-13(14)3)19(9-10-20-4)15-6-7-15/h5,8,12,15,17H,6-7,9-11H2,1-4H3. The van der Waals surface area contributed by atoms with Gasteiger partial charge in [0.05, 0.1) is 6.61 Å². The van der Waals surface area contributed by atoms with Crippen LogP contribution >= 0.6 is 0 Å². The summed E-state index contributed by atoms with van der Waals surface area (Å²) in [5.74, 6) is 1.09. The highest BCUT2D eigenvalue weighted by Gasteiger charge is 2.29. The lowest BCUT2D eigenvalue weighted by molar-refractivity contribution is 0.204. The lowest BCUT2D eigenvalue weighted by Gasteiger charge is -2.24. The summed E-state index contributed by atoms with van der Waals surface area (Å²) in [7, 11) is 1.75. The zero-order valence-corrected chi connectivity index (χ0v) is 13.1. The van der Waals surface area contributed by atoms with Crippen molar-refractivity contribution in [1.82, 2.24) is 10.3 Å². The third kappa shape index (κ3) is 4.18. The van der Waals surface area contributed by atoms with Crippen LogP contribution < -0.4 is 10.2 Å². The molecule has 0 amide bonds. The highest BCUT2D eigenvalue weighted by atomic mass is 16.5. The molecule has 112 valence electrons. The number of anilines is 1. The average Bonchev–Trinajstić information content (AvgIpc) is 3.22. The topological polar surface area (TPSA) is 37.4 Å². The third-order valence-corrected chi connectivity index (χ3v) is 3.70. The maximum Gasteiger partial charge on any atom is 0.129 e. The van der Waals surface area contributed by atoms with E-state index in [1.54, 1.807) is 7.11 Å². The first kappa shape index (κ1) is 15.3. The van der Waals surface area contributed by atoms with Gasteiger partial charge in [0.15, 0.2) is 0 Å². The molecular weight excluding hydrogens is 250 g/mol. The van der Waals surface area contributed by atoms with Crippen molar-refractivity contribution in [3.8, 4) is 0 Å². The van der Waals surface area contributed by atoms with Crippen LogP contribution in [0.5, 0.6) is 0 Å². The van der Waals surface area contributed by atoms with Gasteiger partial charge in [-0.3, -0.25) is 0 Å². The normalized spacial score (nSPS) is 14.8. The van der Waals surface area contributed by atoms with Gasteiger partial charge in [0, 0.05) is 38.0 Å². The summed E-state index contributed by atoms with van der Waals surface area (Å²) in [5, 5.41) is 3.45. The van der Waals surface area contributed by atoms with Crippen LogP contribution in [-0.4, -0.2) is 37.3 Å². The summed E-state index contributed by atoms with van der Waals surface area (Å²) >= 11 is 0. The number of aromatic nitrogens is 1. The Kier molecular flexibility index (Phi) is 5.38.